The molecule has 180 valence electrons. The number of fused-ring (bicyclic) bond motifs is 1. The summed E-state index contributed by atoms with van der Waals surface area (Å²) in [5, 5.41) is 1.48. The Morgan fingerprint density at radius 3 is 2.61 bits per heavy atom. The normalized spacial score (nSPS) is 15.5. The zero-order chi connectivity index (χ0) is 24.2. The van der Waals surface area contributed by atoms with Crippen LogP contribution in [0, 0.1) is 12.3 Å². The number of nitrogens with two attached hydrogens (primary N) is 2. The van der Waals surface area contributed by atoms with Crippen LogP contribution < -0.4 is 16.5 Å². The number of carbonyl (C=O) groups is 2. The molecule has 10 nitrogen and oxygen atoms in total. The van der Waals surface area contributed by atoms with Crippen LogP contribution in [0.25, 0.3) is 0 Å². The Balaban J connectivity index is 1.96. The van der Waals surface area contributed by atoms with Crippen molar-refractivity contribution in [2.75, 3.05) is 58.2 Å². The molecule has 0 saturated heterocycles. The van der Waals surface area contributed by atoms with Crippen LogP contribution in [-0.2, 0) is 23.7 Å². The van der Waals surface area contributed by atoms with Gasteiger partial charge in [-0.3, -0.25) is 4.79 Å². The molecular weight excluding hydrogens is 428 g/mol. The zero-order valence-electron chi connectivity index (χ0n) is 19.1. The van der Waals surface area contributed by atoms with Crippen molar-refractivity contribution >= 4 is 17.6 Å². The minimum Gasteiger partial charge on any atom is -0.465 e. The van der Waals surface area contributed by atoms with Crippen molar-refractivity contribution in [3.63, 3.8) is 0 Å². The van der Waals surface area contributed by atoms with Gasteiger partial charge in [-0.25, -0.2) is 10.6 Å². The topological polar surface area (TPSA) is 130 Å². The van der Waals surface area contributed by atoms with Crippen LogP contribution in [0.3, 0.4) is 0 Å². The van der Waals surface area contributed by atoms with Crippen LogP contribution >= 0.6 is 0 Å². The summed E-state index contributed by atoms with van der Waals surface area (Å²) in [5.41, 5.74) is 8.32. The van der Waals surface area contributed by atoms with Crippen molar-refractivity contribution in [2.45, 2.75) is 19.4 Å². The highest BCUT2D eigenvalue weighted by Crippen LogP contribution is 2.37. The number of hydrogen-bond donors (Lipinski definition) is 2. The Morgan fingerprint density at radius 2 is 1.94 bits per heavy atom. The fourth-order valence-electron chi connectivity index (χ4n) is 3.45. The first-order valence-corrected chi connectivity index (χ1v) is 10.5. The molecular formula is C23H32N4O6. The van der Waals surface area contributed by atoms with Gasteiger partial charge in [0.05, 0.1) is 57.4 Å². The van der Waals surface area contributed by atoms with Gasteiger partial charge in [-0.15, -0.1) is 6.42 Å². The Bertz CT molecular complexity index is 882. The average Bonchev–Trinajstić information content (AvgIpc) is 2.81. The molecule has 1 aliphatic heterocycles. The number of esters is 1. The first-order chi connectivity index (χ1) is 15.9. The number of carbonyl (C=O) groups excluding carboxylic acids is 2. The summed E-state index contributed by atoms with van der Waals surface area (Å²) in [6, 6.07) is 4.78. The number of benzene rings is 1. The van der Waals surface area contributed by atoms with E-state index in [1.165, 1.54) is 19.0 Å². The van der Waals surface area contributed by atoms with Crippen LogP contribution in [-0.4, -0.2) is 70.2 Å². The van der Waals surface area contributed by atoms with E-state index < -0.39 is 5.97 Å². The molecule has 0 fully saturated rings. The number of amides is 1. The summed E-state index contributed by atoms with van der Waals surface area (Å²) in [6.45, 7) is 4.04. The molecule has 1 amide bonds. The van der Waals surface area contributed by atoms with Crippen molar-refractivity contribution in [3.8, 4) is 12.3 Å². The molecule has 1 heterocycles. The molecule has 1 aromatic rings. The number of nitrogens with zero attached hydrogens (tertiary/aromatic N) is 2. The molecule has 0 radical (unpaired) electrons. The van der Waals surface area contributed by atoms with Crippen molar-refractivity contribution in [3.05, 3.63) is 41.2 Å². The predicted octanol–water partition coefficient (Wildman–Crippen LogP) is 0.930. The lowest BCUT2D eigenvalue weighted by molar-refractivity contribution is -0.116. The summed E-state index contributed by atoms with van der Waals surface area (Å²) in [4.78, 5) is 25.7. The van der Waals surface area contributed by atoms with Gasteiger partial charge in [0, 0.05) is 30.9 Å². The van der Waals surface area contributed by atoms with E-state index in [2.05, 4.69) is 5.92 Å². The van der Waals surface area contributed by atoms with Gasteiger partial charge in [0.15, 0.2) is 0 Å². The fourth-order valence-corrected chi connectivity index (χ4v) is 3.45. The lowest BCUT2D eigenvalue weighted by atomic mass is 9.94. The lowest BCUT2D eigenvalue weighted by Gasteiger charge is -2.37. The zero-order valence-corrected chi connectivity index (χ0v) is 19.1. The second-order valence-corrected chi connectivity index (χ2v) is 7.31. The molecule has 10 heteroatoms. The van der Waals surface area contributed by atoms with Gasteiger partial charge in [0.1, 0.15) is 6.61 Å². The van der Waals surface area contributed by atoms with Crippen molar-refractivity contribution in [2.24, 2.45) is 11.6 Å². The number of rotatable bonds is 12. The summed E-state index contributed by atoms with van der Waals surface area (Å²) in [6.07, 6.45) is 7.24. The van der Waals surface area contributed by atoms with E-state index in [0.717, 1.165) is 5.56 Å². The van der Waals surface area contributed by atoms with Crippen LogP contribution in [0.4, 0.5) is 5.69 Å². The van der Waals surface area contributed by atoms with Crippen LogP contribution in [0.1, 0.15) is 35.3 Å². The number of ether oxygens (including phenoxy) is 4. The molecule has 0 aliphatic carbocycles. The second kappa shape index (κ2) is 13.4. The Morgan fingerprint density at radius 1 is 1.24 bits per heavy atom. The predicted molar refractivity (Wildman–Crippen MR) is 123 cm³/mol. The van der Waals surface area contributed by atoms with E-state index in [4.69, 9.17) is 36.9 Å². The second-order valence-electron chi connectivity index (χ2n) is 7.31. The van der Waals surface area contributed by atoms with Gasteiger partial charge >= 0.3 is 5.97 Å². The van der Waals surface area contributed by atoms with Crippen molar-refractivity contribution < 1.29 is 28.5 Å². The maximum absolute atomic E-state index is 12.1. The maximum atomic E-state index is 12.1. The monoisotopic (exact) mass is 460 g/mol. The Kier molecular flexibility index (Phi) is 10.7. The number of terminal acetylenes is 1. The largest absolute Gasteiger partial charge is 0.465 e. The Hall–Kier alpha value is -3.10. The molecule has 1 unspecified atom stereocenters. The third kappa shape index (κ3) is 7.76. The molecule has 4 N–H and O–H groups in total. The van der Waals surface area contributed by atoms with Crippen molar-refractivity contribution in [1.82, 2.24) is 5.01 Å². The summed E-state index contributed by atoms with van der Waals surface area (Å²) >= 11 is 0. The SMILES string of the molecule is C#CCOCCOCCOC/C(N)=C/N(N)C1CCN(C(C)=O)c2ccc(C(=O)OC)cc21. The van der Waals surface area contributed by atoms with E-state index in [-0.39, 0.29) is 25.2 Å². The fraction of sp³-hybridized carbons (Fsp3) is 0.478. The number of hydrazine groups is 1. The molecule has 0 aromatic heterocycles. The molecule has 1 aliphatic rings. The first kappa shape index (κ1) is 26.2. The van der Waals surface area contributed by atoms with Gasteiger partial charge in [-0.05, 0) is 24.6 Å². The van der Waals surface area contributed by atoms with Crippen molar-refractivity contribution in [1.29, 1.82) is 0 Å². The number of hydrogen-bond acceptors (Lipinski definition) is 9. The van der Waals surface area contributed by atoms with Gasteiger partial charge in [-0.1, -0.05) is 5.92 Å². The minimum absolute atomic E-state index is 0.0858. The maximum Gasteiger partial charge on any atom is 0.337 e. The highest BCUT2D eigenvalue weighted by molar-refractivity contribution is 5.95. The summed E-state index contributed by atoms with van der Waals surface area (Å²) in [5.74, 6) is 8.13. The molecule has 0 bridgehead atoms. The van der Waals surface area contributed by atoms with Gasteiger partial charge in [0.25, 0.3) is 0 Å². The lowest BCUT2D eigenvalue weighted by Crippen LogP contribution is -2.41. The highest BCUT2D eigenvalue weighted by Gasteiger charge is 2.30. The molecule has 33 heavy (non-hydrogen) atoms. The van der Waals surface area contributed by atoms with E-state index in [9.17, 15) is 9.59 Å². The number of anilines is 1. The third-order valence-electron chi connectivity index (χ3n) is 4.98. The van der Waals surface area contributed by atoms with Gasteiger partial charge < -0.3 is 34.6 Å². The summed E-state index contributed by atoms with van der Waals surface area (Å²) in [7, 11) is 1.32. The third-order valence-corrected chi connectivity index (χ3v) is 4.98. The molecule has 1 atom stereocenters. The smallest absolute Gasteiger partial charge is 0.337 e. The average molecular weight is 461 g/mol. The van der Waals surface area contributed by atoms with Crippen LogP contribution in [0.15, 0.2) is 30.1 Å². The molecule has 1 aromatic carbocycles. The summed E-state index contributed by atoms with van der Waals surface area (Å²) < 4.78 is 20.8. The van der Waals surface area contributed by atoms with Gasteiger partial charge in [0.2, 0.25) is 5.91 Å². The van der Waals surface area contributed by atoms with Gasteiger partial charge in [-0.2, -0.15) is 0 Å². The molecule has 0 spiro atoms. The van der Waals surface area contributed by atoms with E-state index in [1.807, 2.05) is 0 Å². The van der Waals surface area contributed by atoms with Crippen LogP contribution in [0.5, 0.6) is 0 Å². The quantitative estimate of drug-likeness (QED) is 0.154. The first-order valence-electron chi connectivity index (χ1n) is 10.5. The van der Waals surface area contributed by atoms with E-state index >= 15 is 0 Å². The van der Waals surface area contributed by atoms with E-state index in [1.54, 1.807) is 29.3 Å². The molecule has 2 rings (SSSR count). The number of methoxy groups -OCH3 is 1. The Labute approximate surface area is 194 Å². The highest BCUT2D eigenvalue weighted by atomic mass is 16.5. The van der Waals surface area contributed by atoms with E-state index in [0.29, 0.717) is 56.3 Å². The standard InChI is InChI=1S/C23H32N4O6/c1-4-9-31-10-11-32-12-13-33-16-19(24)15-27(25)22-7-8-26(17(2)28)21-6-5-18(14-20(21)22)23(29)30-3/h1,5-6,14-15,22H,7-13,16,24-25H2,2-3H3/b19-15-. The minimum atomic E-state index is -0.464. The molecule has 0 saturated carbocycles. The van der Waals surface area contributed by atoms with Crippen LogP contribution in [0.2, 0.25) is 0 Å².